The lowest BCUT2D eigenvalue weighted by molar-refractivity contribution is -0.384. The van der Waals surface area contributed by atoms with Crippen LogP contribution in [0.25, 0.3) is 0 Å². The number of nitro benzene ring substituents is 1. The number of anilines is 1. The topological polar surface area (TPSA) is 93.9 Å². The van der Waals surface area contributed by atoms with Crippen molar-refractivity contribution in [2.24, 2.45) is 0 Å². The van der Waals surface area contributed by atoms with Gasteiger partial charge in [0.05, 0.1) is 4.92 Å². The quantitative estimate of drug-likeness (QED) is 0.573. The molecule has 1 amide bonds. The first-order chi connectivity index (χ1) is 14.5. The number of non-ortho nitro benzene ring substituents is 1. The van der Waals surface area contributed by atoms with Crippen molar-refractivity contribution in [3.63, 3.8) is 0 Å². The second-order valence-corrected chi connectivity index (χ2v) is 7.65. The second-order valence-electron chi connectivity index (χ2n) is 7.65. The standard InChI is InChI=1S/C22H25N3O5/c1-15-13-17(25(27)28)5-6-18(15)23-22(26)8-10-24-9-2-3-19(24)16-4-7-20-21(14-16)30-12-11-29-20/h4-7,13-14,19H,2-3,8-12H2,1H3,(H,23,26). The van der Waals surface area contributed by atoms with Crippen LogP contribution < -0.4 is 14.8 Å². The summed E-state index contributed by atoms with van der Waals surface area (Å²) < 4.78 is 11.3. The molecule has 158 valence electrons. The Morgan fingerprint density at radius 3 is 2.77 bits per heavy atom. The Balaban J connectivity index is 1.36. The van der Waals surface area contributed by atoms with Gasteiger partial charge in [0, 0.05) is 36.8 Å². The maximum Gasteiger partial charge on any atom is 0.269 e. The number of hydrogen-bond acceptors (Lipinski definition) is 6. The zero-order valence-electron chi connectivity index (χ0n) is 16.9. The van der Waals surface area contributed by atoms with Crippen molar-refractivity contribution >= 4 is 17.3 Å². The fourth-order valence-electron chi connectivity index (χ4n) is 4.10. The molecule has 1 saturated heterocycles. The molecule has 2 heterocycles. The summed E-state index contributed by atoms with van der Waals surface area (Å²) in [4.78, 5) is 25.2. The number of rotatable bonds is 6. The van der Waals surface area contributed by atoms with Gasteiger partial charge in [0.2, 0.25) is 5.91 Å². The van der Waals surface area contributed by atoms with Crippen LogP contribution in [0.2, 0.25) is 0 Å². The molecule has 8 heteroatoms. The molecule has 1 fully saturated rings. The van der Waals surface area contributed by atoms with Crippen LogP contribution in [-0.2, 0) is 4.79 Å². The Bertz CT molecular complexity index is 962. The average Bonchev–Trinajstić information content (AvgIpc) is 3.22. The lowest BCUT2D eigenvalue weighted by Gasteiger charge is -2.26. The van der Waals surface area contributed by atoms with Crippen LogP contribution in [0.5, 0.6) is 11.5 Å². The number of ether oxygens (including phenoxy) is 2. The number of aryl methyl sites for hydroxylation is 1. The van der Waals surface area contributed by atoms with Gasteiger partial charge < -0.3 is 14.8 Å². The molecular formula is C22H25N3O5. The van der Waals surface area contributed by atoms with Crippen molar-refractivity contribution in [2.75, 3.05) is 31.6 Å². The van der Waals surface area contributed by atoms with E-state index in [1.165, 1.54) is 17.7 Å². The number of nitrogens with zero attached hydrogens (tertiary/aromatic N) is 2. The molecule has 8 nitrogen and oxygen atoms in total. The molecule has 2 aromatic rings. The van der Waals surface area contributed by atoms with E-state index < -0.39 is 4.92 Å². The Morgan fingerprint density at radius 1 is 1.20 bits per heavy atom. The van der Waals surface area contributed by atoms with Gasteiger partial charge in [-0.1, -0.05) is 6.07 Å². The van der Waals surface area contributed by atoms with Crippen LogP contribution in [-0.4, -0.2) is 42.0 Å². The molecule has 0 radical (unpaired) electrons. The van der Waals surface area contributed by atoms with E-state index in [1.807, 2.05) is 6.07 Å². The molecule has 30 heavy (non-hydrogen) atoms. The van der Waals surface area contributed by atoms with E-state index in [2.05, 4.69) is 22.3 Å². The van der Waals surface area contributed by atoms with Gasteiger partial charge in [-0.2, -0.15) is 0 Å². The Hall–Kier alpha value is -3.13. The summed E-state index contributed by atoms with van der Waals surface area (Å²) in [7, 11) is 0. The SMILES string of the molecule is Cc1cc([N+](=O)[O-])ccc1NC(=O)CCN1CCCC1c1ccc2c(c1)OCCO2. The van der Waals surface area contributed by atoms with Crippen LogP contribution in [0.1, 0.15) is 36.4 Å². The lowest BCUT2D eigenvalue weighted by atomic mass is 10.0. The molecule has 1 atom stereocenters. The molecule has 0 spiro atoms. The van der Waals surface area contributed by atoms with Crippen molar-refractivity contribution in [1.82, 2.24) is 4.90 Å². The van der Waals surface area contributed by atoms with Gasteiger partial charge in [0.25, 0.3) is 5.69 Å². The highest BCUT2D eigenvalue weighted by atomic mass is 16.6. The molecule has 0 saturated carbocycles. The summed E-state index contributed by atoms with van der Waals surface area (Å²) in [6, 6.07) is 10.8. The molecule has 4 rings (SSSR count). The fraction of sp³-hybridized carbons (Fsp3) is 0.409. The van der Waals surface area contributed by atoms with Crippen LogP contribution in [0.3, 0.4) is 0 Å². The smallest absolute Gasteiger partial charge is 0.269 e. The van der Waals surface area contributed by atoms with Crippen LogP contribution >= 0.6 is 0 Å². The highest BCUT2D eigenvalue weighted by Crippen LogP contribution is 2.38. The largest absolute Gasteiger partial charge is 0.486 e. The van der Waals surface area contributed by atoms with E-state index in [0.717, 1.165) is 30.9 Å². The molecule has 0 bridgehead atoms. The monoisotopic (exact) mass is 411 g/mol. The van der Waals surface area contributed by atoms with Crippen molar-refractivity contribution in [2.45, 2.75) is 32.2 Å². The fourth-order valence-corrected chi connectivity index (χ4v) is 4.10. The number of nitrogens with one attached hydrogen (secondary N) is 1. The van der Waals surface area contributed by atoms with E-state index in [0.29, 0.717) is 37.4 Å². The summed E-state index contributed by atoms with van der Waals surface area (Å²) in [6.07, 6.45) is 2.49. The number of fused-ring (bicyclic) bond motifs is 1. The van der Waals surface area contributed by atoms with E-state index in [1.54, 1.807) is 13.0 Å². The van der Waals surface area contributed by atoms with Crippen molar-refractivity contribution in [3.8, 4) is 11.5 Å². The predicted octanol–water partition coefficient (Wildman–Crippen LogP) is 3.84. The third-order valence-corrected chi connectivity index (χ3v) is 5.64. The van der Waals surface area contributed by atoms with Gasteiger partial charge >= 0.3 is 0 Å². The third kappa shape index (κ3) is 4.38. The van der Waals surface area contributed by atoms with Crippen molar-refractivity contribution in [3.05, 3.63) is 57.6 Å². The summed E-state index contributed by atoms with van der Waals surface area (Å²) in [6.45, 7) is 4.49. The molecule has 2 aromatic carbocycles. The molecular weight excluding hydrogens is 386 g/mol. The summed E-state index contributed by atoms with van der Waals surface area (Å²) in [5.41, 5.74) is 2.48. The average molecular weight is 411 g/mol. The molecule has 1 N–H and O–H groups in total. The molecule has 2 aliphatic rings. The van der Waals surface area contributed by atoms with E-state index >= 15 is 0 Å². The first-order valence-corrected chi connectivity index (χ1v) is 10.2. The maximum atomic E-state index is 12.5. The zero-order chi connectivity index (χ0) is 21.1. The number of benzene rings is 2. The van der Waals surface area contributed by atoms with E-state index in [-0.39, 0.29) is 17.6 Å². The van der Waals surface area contributed by atoms with Crippen LogP contribution in [0.4, 0.5) is 11.4 Å². The Kier molecular flexibility index (Phi) is 5.85. The zero-order valence-corrected chi connectivity index (χ0v) is 16.9. The van der Waals surface area contributed by atoms with Gasteiger partial charge in [-0.05, 0) is 55.6 Å². The summed E-state index contributed by atoms with van der Waals surface area (Å²) in [5, 5.41) is 13.7. The molecule has 0 aliphatic carbocycles. The number of hydrogen-bond donors (Lipinski definition) is 1. The minimum Gasteiger partial charge on any atom is -0.486 e. The van der Waals surface area contributed by atoms with Crippen LogP contribution in [0.15, 0.2) is 36.4 Å². The van der Waals surface area contributed by atoms with Crippen molar-refractivity contribution < 1.29 is 19.2 Å². The van der Waals surface area contributed by atoms with Gasteiger partial charge in [-0.25, -0.2) is 0 Å². The minimum absolute atomic E-state index is 0.0184. The van der Waals surface area contributed by atoms with E-state index in [9.17, 15) is 14.9 Å². The second kappa shape index (κ2) is 8.71. The Labute approximate surface area is 174 Å². The first-order valence-electron chi connectivity index (χ1n) is 10.2. The van der Waals surface area contributed by atoms with E-state index in [4.69, 9.17) is 9.47 Å². The highest BCUT2D eigenvalue weighted by molar-refractivity contribution is 5.91. The molecule has 2 aliphatic heterocycles. The highest BCUT2D eigenvalue weighted by Gasteiger charge is 2.27. The van der Waals surface area contributed by atoms with Gasteiger partial charge in [-0.15, -0.1) is 0 Å². The first kappa shape index (κ1) is 20.2. The van der Waals surface area contributed by atoms with Gasteiger partial charge in [0.15, 0.2) is 11.5 Å². The minimum atomic E-state index is -0.440. The lowest BCUT2D eigenvalue weighted by Crippen LogP contribution is -2.28. The predicted molar refractivity (Wildman–Crippen MR) is 112 cm³/mol. The number of nitro groups is 1. The number of carbonyl (C=O) groups excluding carboxylic acids is 1. The van der Waals surface area contributed by atoms with Crippen molar-refractivity contribution in [1.29, 1.82) is 0 Å². The van der Waals surface area contributed by atoms with Gasteiger partial charge in [0.1, 0.15) is 13.2 Å². The number of carbonyl (C=O) groups is 1. The number of amides is 1. The molecule has 0 aromatic heterocycles. The summed E-state index contributed by atoms with van der Waals surface area (Å²) in [5.74, 6) is 1.48. The van der Waals surface area contributed by atoms with Crippen LogP contribution in [0, 0.1) is 17.0 Å². The maximum absolute atomic E-state index is 12.5. The normalized spacial score (nSPS) is 18.2. The molecule has 1 unspecified atom stereocenters. The summed E-state index contributed by atoms with van der Waals surface area (Å²) >= 11 is 0. The third-order valence-electron chi connectivity index (χ3n) is 5.64. The Morgan fingerprint density at radius 2 is 2.00 bits per heavy atom. The van der Waals surface area contributed by atoms with Gasteiger partial charge in [-0.3, -0.25) is 19.8 Å². The number of likely N-dealkylation sites (tertiary alicyclic amines) is 1.